The van der Waals surface area contributed by atoms with Gasteiger partial charge in [0.25, 0.3) is 0 Å². The van der Waals surface area contributed by atoms with Gasteiger partial charge < -0.3 is 14.8 Å². The van der Waals surface area contributed by atoms with Crippen LogP contribution in [0, 0.1) is 11.3 Å². The first-order chi connectivity index (χ1) is 15.5. The molecule has 2 heterocycles. The van der Waals surface area contributed by atoms with Gasteiger partial charge >= 0.3 is 0 Å². The SMILES string of the molecule is CN=Cc1cnc(-c2cnc(OC3CCC(OC[C@H](C)NC(C)=O)CC3)c(C#N)c2)nc1. The van der Waals surface area contributed by atoms with Gasteiger partial charge in [-0.25, -0.2) is 15.0 Å². The van der Waals surface area contributed by atoms with E-state index < -0.39 is 0 Å². The Bertz CT molecular complexity index is 978. The predicted octanol–water partition coefficient (Wildman–Crippen LogP) is 2.69. The Hall–Kier alpha value is -3.38. The van der Waals surface area contributed by atoms with Gasteiger partial charge in [-0.05, 0) is 38.7 Å². The molecule has 1 atom stereocenters. The van der Waals surface area contributed by atoms with Gasteiger partial charge in [0.05, 0.1) is 12.7 Å². The van der Waals surface area contributed by atoms with Gasteiger partial charge in [-0.3, -0.25) is 9.79 Å². The highest BCUT2D eigenvalue weighted by Gasteiger charge is 2.25. The number of pyridine rings is 1. The molecule has 0 aliphatic heterocycles. The zero-order valence-electron chi connectivity index (χ0n) is 18.6. The molecule has 0 unspecified atom stereocenters. The monoisotopic (exact) mass is 436 g/mol. The van der Waals surface area contributed by atoms with Crippen LogP contribution >= 0.6 is 0 Å². The van der Waals surface area contributed by atoms with E-state index in [-0.39, 0.29) is 24.2 Å². The molecule has 1 saturated carbocycles. The van der Waals surface area contributed by atoms with E-state index >= 15 is 0 Å². The van der Waals surface area contributed by atoms with Crippen LogP contribution in [0.15, 0.2) is 29.6 Å². The third kappa shape index (κ3) is 6.56. The largest absolute Gasteiger partial charge is 0.473 e. The van der Waals surface area contributed by atoms with Crippen molar-refractivity contribution in [2.24, 2.45) is 4.99 Å². The minimum Gasteiger partial charge on any atom is -0.473 e. The molecule has 1 N–H and O–H groups in total. The molecule has 0 radical (unpaired) electrons. The highest BCUT2D eigenvalue weighted by atomic mass is 16.5. The van der Waals surface area contributed by atoms with E-state index in [1.165, 1.54) is 6.92 Å². The Kier molecular flexibility index (Phi) is 8.22. The first kappa shape index (κ1) is 23.3. The van der Waals surface area contributed by atoms with Crippen LogP contribution in [0.3, 0.4) is 0 Å². The second-order valence-electron chi connectivity index (χ2n) is 7.87. The number of carbonyl (C=O) groups is 1. The fraction of sp³-hybridized carbons (Fsp3) is 0.478. The topological polar surface area (TPSA) is 122 Å². The molecule has 2 aromatic heterocycles. The minimum absolute atomic E-state index is 0.0117. The van der Waals surface area contributed by atoms with Crippen molar-refractivity contribution in [2.45, 2.75) is 57.8 Å². The number of rotatable bonds is 8. The molecule has 168 valence electrons. The molecular formula is C23H28N6O3. The van der Waals surface area contributed by atoms with Crippen molar-refractivity contribution >= 4 is 12.1 Å². The van der Waals surface area contributed by atoms with Crippen molar-refractivity contribution in [2.75, 3.05) is 13.7 Å². The van der Waals surface area contributed by atoms with Gasteiger partial charge in [-0.1, -0.05) is 0 Å². The third-order valence-electron chi connectivity index (χ3n) is 5.11. The van der Waals surface area contributed by atoms with Crippen molar-refractivity contribution in [3.8, 4) is 23.3 Å². The predicted molar refractivity (Wildman–Crippen MR) is 119 cm³/mol. The number of nitrogens with one attached hydrogen (secondary N) is 1. The summed E-state index contributed by atoms with van der Waals surface area (Å²) in [6, 6.07) is 3.85. The Morgan fingerprint density at radius 2 is 1.94 bits per heavy atom. The van der Waals surface area contributed by atoms with Gasteiger partial charge in [0.1, 0.15) is 17.7 Å². The van der Waals surface area contributed by atoms with E-state index in [0.717, 1.165) is 31.2 Å². The summed E-state index contributed by atoms with van der Waals surface area (Å²) in [5.41, 5.74) is 1.81. The Morgan fingerprint density at radius 1 is 1.25 bits per heavy atom. The van der Waals surface area contributed by atoms with E-state index in [1.807, 2.05) is 6.92 Å². The van der Waals surface area contributed by atoms with Gasteiger partial charge in [0.2, 0.25) is 11.8 Å². The van der Waals surface area contributed by atoms with E-state index in [0.29, 0.717) is 29.4 Å². The standard InChI is InChI=1S/C23H28N6O3/c1-15(29-16(2)30)14-31-20-4-6-21(7-5-20)32-23-18(9-24)8-19(13-28-23)22-26-11-17(10-25-3)12-27-22/h8,10-13,15,20-21H,4-7,14H2,1-3H3,(H,29,30)/t15-,20?,21?/m0/s1. The van der Waals surface area contributed by atoms with Gasteiger partial charge in [-0.15, -0.1) is 0 Å². The summed E-state index contributed by atoms with van der Waals surface area (Å²) in [6.07, 6.45) is 10.1. The first-order valence-corrected chi connectivity index (χ1v) is 10.7. The molecule has 9 nitrogen and oxygen atoms in total. The van der Waals surface area contributed by atoms with Crippen LogP contribution < -0.4 is 10.1 Å². The summed E-state index contributed by atoms with van der Waals surface area (Å²) >= 11 is 0. The lowest BCUT2D eigenvalue weighted by atomic mass is 9.95. The number of amides is 1. The summed E-state index contributed by atoms with van der Waals surface area (Å²) < 4.78 is 12.0. The molecule has 1 amide bonds. The molecule has 1 fully saturated rings. The van der Waals surface area contributed by atoms with Gasteiger partial charge in [0, 0.05) is 55.9 Å². The summed E-state index contributed by atoms with van der Waals surface area (Å²) in [7, 11) is 1.68. The summed E-state index contributed by atoms with van der Waals surface area (Å²) in [5, 5.41) is 12.4. The van der Waals surface area contributed by atoms with E-state index in [4.69, 9.17) is 9.47 Å². The summed E-state index contributed by atoms with van der Waals surface area (Å²) in [4.78, 5) is 28.0. The van der Waals surface area contributed by atoms with Crippen LogP contribution in [0.25, 0.3) is 11.4 Å². The highest BCUT2D eigenvalue weighted by molar-refractivity contribution is 5.78. The number of nitriles is 1. The molecule has 1 aliphatic rings. The number of hydrogen-bond donors (Lipinski definition) is 1. The molecule has 3 rings (SSSR count). The lowest BCUT2D eigenvalue weighted by molar-refractivity contribution is -0.120. The normalized spacial score (nSPS) is 19.3. The Morgan fingerprint density at radius 3 is 2.56 bits per heavy atom. The highest BCUT2D eigenvalue weighted by Crippen LogP contribution is 2.28. The summed E-state index contributed by atoms with van der Waals surface area (Å²) in [5.74, 6) is 0.758. The minimum atomic E-state index is -0.0560. The van der Waals surface area contributed by atoms with Crippen molar-refractivity contribution < 1.29 is 14.3 Å². The fourth-order valence-corrected chi connectivity index (χ4v) is 3.60. The van der Waals surface area contributed by atoms with Crippen LogP contribution in [0.2, 0.25) is 0 Å². The quantitative estimate of drug-likeness (QED) is 0.631. The maximum Gasteiger partial charge on any atom is 0.231 e. The number of aliphatic imine (C=N–C) groups is 1. The number of nitrogens with zero attached hydrogens (tertiary/aromatic N) is 5. The molecular weight excluding hydrogens is 408 g/mol. The number of hydrogen-bond acceptors (Lipinski definition) is 8. The van der Waals surface area contributed by atoms with E-state index in [2.05, 4.69) is 31.3 Å². The van der Waals surface area contributed by atoms with Crippen molar-refractivity contribution in [3.05, 3.63) is 35.8 Å². The fourth-order valence-electron chi connectivity index (χ4n) is 3.60. The molecule has 32 heavy (non-hydrogen) atoms. The van der Waals surface area contributed by atoms with E-state index in [9.17, 15) is 10.1 Å². The molecule has 2 aromatic rings. The van der Waals surface area contributed by atoms with Crippen molar-refractivity contribution in [3.63, 3.8) is 0 Å². The molecule has 9 heteroatoms. The van der Waals surface area contributed by atoms with Gasteiger partial charge in [-0.2, -0.15) is 5.26 Å². The third-order valence-corrected chi connectivity index (χ3v) is 5.11. The molecule has 1 aliphatic carbocycles. The van der Waals surface area contributed by atoms with Crippen LogP contribution in [0.1, 0.15) is 50.7 Å². The average molecular weight is 437 g/mol. The maximum absolute atomic E-state index is 11.1. The van der Waals surface area contributed by atoms with Crippen molar-refractivity contribution in [1.82, 2.24) is 20.3 Å². The van der Waals surface area contributed by atoms with Gasteiger partial charge in [0.15, 0.2) is 5.82 Å². The van der Waals surface area contributed by atoms with Crippen LogP contribution in [-0.4, -0.2) is 59.0 Å². The smallest absolute Gasteiger partial charge is 0.231 e. The number of ether oxygens (including phenoxy) is 2. The number of aromatic nitrogens is 3. The number of carbonyl (C=O) groups excluding carboxylic acids is 1. The molecule has 0 aromatic carbocycles. The lowest BCUT2D eigenvalue weighted by Gasteiger charge is -2.29. The Labute approximate surface area is 187 Å². The lowest BCUT2D eigenvalue weighted by Crippen LogP contribution is -2.37. The second-order valence-corrected chi connectivity index (χ2v) is 7.87. The zero-order valence-corrected chi connectivity index (χ0v) is 18.6. The summed E-state index contributed by atoms with van der Waals surface area (Å²) in [6.45, 7) is 3.92. The van der Waals surface area contributed by atoms with Crippen LogP contribution in [0.5, 0.6) is 5.88 Å². The molecule has 0 saturated heterocycles. The average Bonchev–Trinajstić information content (AvgIpc) is 2.79. The first-order valence-electron chi connectivity index (χ1n) is 10.7. The second kappa shape index (κ2) is 11.3. The molecule has 0 bridgehead atoms. The van der Waals surface area contributed by atoms with Crippen molar-refractivity contribution in [1.29, 1.82) is 5.26 Å². The Balaban J connectivity index is 1.55. The van der Waals surface area contributed by atoms with Crippen LogP contribution in [-0.2, 0) is 9.53 Å². The van der Waals surface area contributed by atoms with E-state index in [1.54, 1.807) is 37.9 Å². The maximum atomic E-state index is 11.1. The molecule has 0 spiro atoms. The zero-order chi connectivity index (χ0) is 22.9. The van der Waals surface area contributed by atoms with Crippen LogP contribution in [0.4, 0.5) is 0 Å².